The van der Waals surface area contributed by atoms with Crippen molar-refractivity contribution in [1.82, 2.24) is 5.32 Å². The van der Waals surface area contributed by atoms with Crippen LogP contribution in [0.25, 0.3) is 0 Å². The Bertz CT molecular complexity index is 821. The molecule has 8 heteroatoms. The third-order valence-electron chi connectivity index (χ3n) is 6.46. The molecule has 0 heterocycles. The van der Waals surface area contributed by atoms with Crippen LogP contribution < -0.4 is 5.32 Å². The highest BCUT2D eigenvalue weighted by molar-refractivity contribution is 5.86. The van der Waals surface area contributed by atoms with E-state index in [1.165, 1.54) is 12.2 Å². The first kappa shape index (κ1) is 36.7. The number of carbonyl (C=O) groups excluding carboxylic acids is 3. The predicted molar refractivity (Wildman–Crippen MR) is 163 cm³/mol. The summed E-state index contributed by atoms with van der Waals surface area (Å²) < 4.78 is 22.6. The van der Waals surface area contributed by atoms with E-state index in [4.69, 9.17) is 18.9 Å². The number of allylic oxidation sites excluding steroid dienone is 4. The fraction of sp³-hybridized carbons (Fsp3) is 0.364. The van der Waals surface area contributed by atoms with Crippen LogP contribution in [0.4, 0.5) is 0 Å². The van der Waals surface area contributed by atoms with E-state index >= 15 is 0 Å². The second-order valence-corrected chi connectivity index (χ2v) is 9.68. The molecule has 0 bridgehead atoms. The Labute approximate surface area is 245 Å². The fourth-order valence-corrected chi connectivity index (χ4v) is 3.72. The van der Waals surface area contributed by atoms with Gasteiger partial charge in [-0.1, -0.05) is 77.3 Å². The predicted octanol–water partition coefficient (Wildman–Crippen LogP) is 5.85. The van der Waals surface area contributed by atoms with E-state index in [2.05, 4.69) is 64.5 Å². The Kier molecular flexibility index (Phi) is 17.6. The average Bonchev–Trinajstić information content (AvgIpc) is 3.00. The zero-order valence-electron chi connectivity index (χ0n) is 24.3. The average molecular weight is 568 g/mol. The normalized spacial score (nSPS) is 13.0. The van der Waals surface area contributed by atoms with Crippen molar-refractivity contribution >= 4 is 17.8 Å². The van der Waals surface area contributed by atoms with Crippen LogP contribution in [0.3, 0.4) is 0 Å². The number of carbonyl (C=O) groups is 3. The van der Waals surface area contributed by atoms with E-state index in [0.717, 1.165) is 23.8 Å². The van der Waals surface area contributed by atoms with Crippen molar-refractivity contribution in [3.8, 4) is 0 Å². The summed E-state index contributed by atoms with van der Waals surface area (Å²) in [5, 5.41) is 2.79. The van der Waals surface area contributed by atoms with E-state index in [0.29, 0.717) is 43.6 Å². The van der Waals surface area contributed by atoms with Gasteiger partial charge in [0, 0.05) is 24.1 Å². The number of esters is 2. The largest absolute Gasteiger partial charge is 0.494 e. The molecule has 0 radical (unpaired) electrons. The zero-order valence-corrected chi connectivity index (χ0v) is 24.3. The van der Waals surface area contributed by atoms with Crippen LogP contribution in [0.2, 0.25) is 0 Å². The lowest BCUT2D eigenvalue weighted by Crippen LogP contribution is -2.44. The maximum atomic E-state index is 12.1. The molecule has 0 aliphatic rings. The minimum absolute atomic E-state index is 0.0438. The lowest BCUT2D eigenvalue weighted by molar-refractivity contribution is -0.143. The number of hydrogen-bond donors (Lipinski definition) is 1. The third-order valence-corrected chi connectivity index (χ3v) is 6.46. The van der Waals surface area contributed by atoms with Crippen molar-refractivity contribution in [3.05, 3.63) is 113 Å². The molecular formula is C33H45NO7. The second kappa shape index (κ2) is 19.7. The number of ether oxygens (including phenoxy) is 4. The molecule has 0 aromatic heterocycles. The highest BCUT2D eigenvalue weighted by atomic mass is 16.5. The molecular weight excluding hydrogens is 522 g/mol. The third kappa shape index (κ3) is 15.1. The molecule has 2 unspecified atom stereocenters. The van der Waals surface area contributed by atoms with E-state index < -0.39 is 28.7 Å². The molecule has 0 saturated carbocycles. The molecule has 2 atom stereocenters. The molecule has 1 amide bonds. The SMILES string of the molecule is C=CC(=C)CCC(CCCC(CNC(=O)C=C)(COC(=C)C=C)COC(=O)C=C)(COC(=C)C=C)COC(=O)C=C. The lowest BCUT2D eigenvalue weighted by Gasteiger charge is -2.37. The second-order valence-electron chi connectivity index (χ2n) is 9.68. The van der Waals surface area contributed by atoms with Crippen LogP contribution in [-0.2, 0) is 33.3 Å². The van der Waals surface area contributed by atoms with E-state index in [1.54, 1.807) is 6.08 Å². The summed E-state index contributed by atoms with van der Waals surface area (Å²) in [7, 11) is 0. The standard InChI is InChI=1S/C33H45NO7/c1-10-26(7)17-20-32(22-38-27(8)11-2,23-40-30(36)14-5)18-16-19-33(21-34-29(35)13-4,24-39-28(9)12-3)25-41-31(37)15-6/h10-15H,1-9,16-25H2,(H,34,35). The molecule has 41 heavy (non-hydrogen) atoms. The van der Waals surface area contributed by atoms with Gasteiger partial charge in [0.1, 0.15) is 24.7 Å². The fourth-order valence-electron chi connectivity index (χ4n) is 3.72. The van der Waals surface area contributed by atoms with Crippen LogP contribution in [0, 0.1) is 10.8 Å². The van der Waals surface area contributed by atoms with Gasteiger partial charge in [0.05, 0.1) is 18.6 Å². The molecule has 0 aliphatic carbocycles. The molecule has 0 aromatic rings. The van der Waals surface area contributed by atoms with E-state index in [1.807, 2.05) is 0 Å². The highest BCUT2D eigenvalue weighted by Crippen LogP contribution is 2.37. The van der Waals surface area contributed by atoms with E-state index in [-0.39, 0.29) is 33.0 Å². The van der Waals surface area contributed by atoms with Crippen molar-refractivity contribution < 1.29 is 33.3 Å². The summed E-state index contributed by atoms with van der Waals surface area (Å²) in [6.45, 7) is 33.5. The van der Waals surface area contributed by atoms with Crippen LogP contribution in [-0.4, -0.2) is 50.8 Å². The summed E-state index contributed by atoms with van der Waals surface area (Å²) in [5.41, 5.74) is -0.694. The number of hydrogen-bond acceptors (Lipinski definition) is 7. The topological polar surface area (TPSA) is 100 Å². The Balaban J connectivity index is 6.30. The van der Waals surface area contributed by atoms with E-state index in [9.17, 15) is 14.4 Å². The van der Waals surface area contributed by atoms with Crippen molar-refractivity contribution in [2.24, 2.45) is 10.8 Å². The Hall–Kier alpha value is -4.33. The summed E-state index contributed by atoms with van der Waals surface area (Å²) >= 11 is 0. The quantitative estimate of drug-likeness (QED) is 0.0640. The van der Waals surface area contributed by atoms with Gasteiger partial charge in [-0.3, -0.25) is 4.79 Å². The number of nitrogens with one attached hydrogen (secondary N) is 1. The highest BCUT2D eigenvalue weighted by Gasteiger charge is 2.37. The van der Waals surface area contributed by atoms with Crippen molar-refractivity contribution in [1.29, 1.82) is 0 Å². The molecule has 0 rings (SSSR count). The number of amides is 1. The van der Waals surface area contributed by atoms with Gasteiger partial charge in [-0.2, -0.15) is 0 Å². The maximum Gasteiger partial charge on any atom is 0.330 e. The van der Waals surface area contributed by atoms with Crippen molar-refractivity contribution in [3.63, 3.8) is 0 Å². The van der Waals surface area contributed by atoms with Gasteiger partial charge in [0.2, 0.25) is 5.91 Å². The van der Waals surface area contributed by atoms with Crippen LogP contribution in [0.5, 0.6) is 0 Å². The first-order valence-electron chi connectivity index (χ1n) is 13.1. The minimum atomic E-state index is -0.858. The maximum absolute atomic E-state index is 12.1. The smallest absolute Gasteiger partial charge is 0.330 e. The van der Waals surface area contributed by atoms with Crippen LogP contribution >= 0.6 is 0 Å². The van der Waals surface area contributed by atoms with Gasteiger partial charge in [-0.05, 0) is 43.9 Å². The van der Waals surface area contributed by atoms with Gasteiger partial charge in [-0.15, -0.1) is 0 Å². The Morgan fingerprint density at radius 1 is 0.585 bits per heavy atom. The molecule has 8 nitrogen and oxygen atoms in total. The Morgan fingerprint density at radius 2 is 1.05 bits per heavy atom. The van der Waals surface area contributed by atoms with Crippen molar-refractivity contribution in [2.75, 3.05) is 33.0 Å². The molecule has 0 fully saturated rings. The minimum Gasteiger partial charge on any atom is -0.494 e. The summed E-state index contributed by atoms with van der Waals surface area (Å²) in [6, 6.07) is 0. The number of rotatable bonds is 25. The summed E-state index contributed by atoms with van der Waals surface area (Å²) in [6.07, 6.45) is 10.6. The van der Waals surface area contributed by atoms with Gasteiger partial charge in [0.15, 0.2) is 0 Å². The van der Waals surface area contributed by atoms with Crippen LogP contribution in [0.1, 0.15) is 32.1 Å². The van der Waals surface area contributed by atoms with Crippen molar-refractivity contribution in [2.45, 2.75) is 32.1 Å². The Morgan fingerprint density at radius 3 is 1.51 bits per heavy atom. The van der Waals surface area contributed by atoms with Gasteiger partial charge < -0.3 is 24.3 Å². The first-order chi connectivity index (χ1) is 19.4. The zero-order chi connectivity index (χ0) is 31.3. The lowest BCUT2D eigenvalue weighted by atomic mass is 9.75. The molecule has 224 valence electrons. The summed E-state index contributed by atoms with van der Waals surface area (Å²) in [5.74, 6) is -0.868. The molecule has 0 aliphatic heterocycles. The van der Waals surface area contributed by atoms with Gasteiger partial charge >= 0.3 is 11.9 Å². The molecule has 0 aromatic carbocycles. The molecule has 1 N–H and O–H groups in total. The van der Waals surface area contributed by atoms with Gasteiger partial charge in [0.25, 0.3) is 0 Å². The van der Waals surface area contributed by atoms with Gasteiger partial charge in [-0.25, -0.2) is 9.59 Å². The molecule has 0 spiro atoms. The van der Waals surface area contributed by atoms with Crippen LogP contribution in [0.15, 0.2) is 113 Å². The molecule has 0 saturated heterocycles. The summed E-state index contributed by atoms with van der Waals surface area (Å²) in [4.78, 5) is 36.1. The first-order valence-corrected chi connectivity index (χ1v) is 13.1. The monoisotopic (exact) mass is 567 g/mol.